The molecule has 0 aromatic heterocycles. The molecule has 1 heterocycles. The summed E-state index contributed by atoms with van der Waals surface area (Å²) in [4.78, 5) is 1.46. The molecule has 0 bridgehead atoms. The van der Waals surface area contributed by atoms with Crippen LogP contribution in [0.2, 0.25) is 12.6 Å². The van der Waals surface area contributed by atoms with Gasteiger partial charge in [-0.25, -0.2) is 0 Å². The third-order valence-corrected chi connectivity index (χ3v) is 7.24. The van der Waals surface area contributed by atoms with Crippen molar-refractivity contribution in [3.8, 4) is 0 Å². The summed E-state index contributed by atoms with van der Waals surface area (Å²) in [6, 6.07) is 0.336. The molecular weight excluding hydrogens is 413 g/mol. The zero-order chi connectivity index (χ0) is 21.3. The topological polar surface area (TPSA) is 21.7 Å². The molecule has 1 aliphatic rings. The average Bonchev–Trinajstić information content (AvgIpc) is 2.43. The van der Waals surface area contributed by atoms with Gasteiger partial charge < -0.3 is 13.8 Å². The molecule has 0 amide bonds. The molecule has 2 unspecified atom stereocenters. The second-order valence-corrected chi connectivity index (χ2v) is 10.0. The van der Waals surface area contributed by atoms with Crippen LogP contribution in [0.1, 0.15) is 19.8 Å². The molecule has 0 spiro atoms. The third kappa shape index (κ3) is 5.29. The van der Waals surface area contributed by atoms with E-state index in [0.717, 1.165) is 0 Å². The Morgan fingerprint density at radius 1 is 1.04 bits per heavy atom. The summed E-state index contributed by atoms with van der Waals surface area (Å²) in [5, 5.41) is 0. The van der Waals surface area contributed by atoms with Crippen molar-refractivity contribution >= 4 is 8.56 Å². The molecule has 27 heavy (non-hydrogen) atoms. The van der Waals surface area contributed by atoms with Gasteiger partial charge in [0.25, 0.3) is 0 Å². The summed E-state index contributed by atoms with van der Waals surface area (Å²) in [6.45, 7) is 3.32. The van der Waals surface area contributed by atoms with Crippen molar-refractivity contribution in [2.45, 2.75) is 62.4 Å². The summed E-state index contributed by atoms with van der Waals surface area (Å²) in [7, 11) is -1.59. The standard InChI is InChI=1S/C14H22F9NO2Si/c1-4-25-27(3)7-5-6-24(2)9-10(26-27)8-11(15,16)12(17,18)13(19,20)14(21,22)23/h10H,4-9H2,1-3H3. The van der Waals surface area contributed by atoms with Gasteiger partial charge in [0.05, 0.1) is 6.10 Å². The van der Waals surface area contributed by atoms with E-state index in [-0.39, 0.29) is 13.2 Å². The van der Waals surface area contributed by atoms with Crippen LogP contribution in [0.4, 0.5) is 39.5 Å². The maximum Gasteiger partial charge on any atom is 0.460 e. The number of halogens is 9. The number of alkyl halides is 9. The van der Waals surface area contributed by atoms with Gasteiger partial charge in [-0.3, -0.25) is 0 Å². The number of likely N-dealkylation sites (N-methyl/N-ethyl adjacent to an activating group) is 1. The van der Waals surface area contributed by atoms with Crippen LogP contribution >= 0.6 is 0 Å². The van der Waals surface area contributed by atoms with Crippen LogP contribution in [0.5, 0.6) is 0 Å². The van der Waals surface area contributed by atoms with E-state index in [1.165, 1.54) is 18.5 Å². The first-order valence-corrected chi connectivity index (χ1v) is 10.7. The smallest absolute Gasteiger partial charge is 0.395 e. The SMILES string of the molecule is CCO[Si]1(C)CCCN(C)CC(CC(F)(F)C(F)(F)C(F)(F)C(F)(F)F)O1. The van der Waals surface area contributed by atoms with Crippen LogP contribution in [0.3, 0.4) is 0 Å². The molecule has 2 atom stereocenters. The van der Waals surface area contributed by atoms with E-state index in [4.69, 9.17) is 8.85 Å². The predicted octanol–water partition coefficient (Wildman–Crippen LogP) is 4.67. The van der Waals surface area contributed by atoms with E-state index in [0.29, 0.717) is 19.0 Å². The highest BCUT2D eigenvalue weighted by Gasteiger charge is 2.81. The lowest BCUT2D eigenvalue weighted by Gasteiger charge is -2.39. The van der Waals surface area contributed by atoms with E-state index in [9.17, 15) is 39.5 Å². The predicted molar refractivity (Wildman–Crippen MR) is 80.6 cm³/mol. The van der Waals surface area contributed by atoms with Crippen molar-refractivity contribution in [3.63, 3.8) is 0 Å². The molecule has 0 aromatic rings. The molecule has 0 aromatic carbocycles. The first-order chi connectivity index (χ1) is 12.0. The maximum atomic E-state index is 14.0. The molecule has 0 N–H and O–H groups in total. The minimum absolute atomic E-state index is 0.157. The lowest BCUT2D eigenvalue weighted by atomic mass is 9.98. The lowest BCUT2D eigenvalue weighted by Crippen LogP contribution is -2.62. The molecule has 1 rings (SSSR count). The van der Waals surface area contributed by atoms with Crippen LogP contribution in [-0.4, -0.2) is 70.3 Å². The third-order valence-electron chi connectivity index (χ3n) is 4.25. The number of nitrogens with zero attached hydrogens (tertiary/aromatic N) is 1. The highest BCUT2D eigenvalue weighted by atomic mass is 28.4. The van der Waals surface area contributed by atoms with Gasteiger partial charge in [0.1, 0.15) is 0 Å². The van der Waals surface area contributed by atoms with Gasteiger partial charge in [0.2, 0.25) is 0 Å². The summed E-state index contributed by atoms with van der Waals surface area (Å²) >= 11 is 0. The maximum absolute atomic E-state index is 14.0. The highest BCUT2D eigenvalue weighted by Crippen LogP contribution is 2.54. The molecule has 0 radical (unpaired) electrons. The Balaban J connectivity index is 3.11. The first kappa shape index (κ1) is 24.5. The molecule has 0 aliphatic carbocycles. The fourth-order valence-corrected chi connectivity index (χ4v) is 5.50. The van der Waals surface area contributed by atoms with Crippen molar-refractivity contribution in [2.24, 2.45) is 0 Å². The van der Waals surface area contributed by atoms with Crippen molar-refractivity contribution in [2.75, 3.05) is 26.7 Å². The molecule has 1 saturated heterocycles. The molecule has 0 saturated carbocycles. The Labute approximate surface area is 152 Å². The highest BCUT2D eigenvalue weighted by molar-refractivity contribution is 6.66. The summed E-state index contributed by atoms with van der Waals surface area (Å²) < 4.78 is 129. The van der Waals surface area contributed by atoms with Crippen molar-refractivity contribution in [1.82, 2.24) is 4.90 Å². The van der Waals surface area contributed by atoms with Crippen molar-refractivity contribution in [3.05, 3.63) is 0 Å². The Morgan fingerprint density at radius 2 is 1.59 bits per heavy atom. The monoisotopic (exact) mass is 435 g/mol. The van der Waals surface area contributed by atoms with Gasteiger partial charge in [0, 0.05) is 19.6 Å². The normalized spacial score (nSPS) is 27.3. The quantitative estimate of drug-likeness (QED) is 0.447. The Kier molecular flexibility index (Phi) is 7.32. The molecule has 3 nitrogen and oxygen atoms in total. The van der Waals surface area contributed by atoms with Crippen LogP contribution < -0.4 is 0 Å². The van der Waals surface area contributed by atoms with Crippen LogP contribution in [-0.2, 0) is 8.85 Å². The molecule has 1 aliphatic heterocycles. The lowest BCUT2D eigenvalue weighted by molar-refractivity contribution is -0.398. The molecule has 1 fully saturated rings. The largest absolute Gasteiger partial charge is 0.460 e. The van der Waals surface area contributed by atoms with Crippen LogP contribution in [0, 0.1) is 0 Å². The van der Waals surface area contributed by atoms with Gasteiger partial charge in [-0.2, -0.15) is 39.5 Å². The van der Waals surface area contributed by atoms with Crippen LogP contribution in [0.15, 0.2) is 0 Å². The second kappa shape index (κ2) is 8.07. The Morgan fingerprint density at radius 3 is 2.07 bits per heavy atom. The van der Waals surface area contributed by atoms with E-state index in [1.54, 1.807) is 6.92 Å². The number of rotatable bonds is 6. The molecule has 13 heteroatoms. The van der Waals surface area contributed by atoms with E-state index in [2.05, 4.69) is 0 Å². The summed E-state index contributed by atoms with van der Waals surface area (Å²) in [5.41, 5.74) is 0. The first-order valence-electron chi connectivity index (χ1n) is 8.19. The van der Waals surface area contributed by atoms with Crippen molar-refractivity contribution < 1.29 is 48.4 Å². The fourth-order valence-electron chi connectivity index (χ4n) is 2.90. The van der Waals surface area contributed by atoms with E-state index < -0.39 is 45.0 Å². The van der Waals surface area contributed by atoms with Gasteiger partial charge >= 0.3 is 32.5 Å². The number of hydrogen-bond acceptors (Lipinski definition) is 3. The number of hydrogen-bond donors (Lipinski definition) is 0. The van der Waals surface area contributed by atoms with E-state index in [1.807, 2.05) is 0 Å². The second-order valence-electron chi connectivity index (χ2n) is 6.73. The molecular formula is C14H22F9NO2Si. The van der Waals surface area contributed by atoms with Gasteiger partial charge in [-0.15, -0.1) is 0 Å². The van der Waals surface area contributed by atoms with Crippen molar-refractivity contribution in [1.29, 1.82) is 0 Å². The summed E-state index contributed by atoms with van der Waals surface area (Å²) in [6.07, 6.45) is -9.94. The Bertz CT molecular complexity index is 503. The zero-order valence-electron chi connectivity index (χ0n) is 15.0. The average molecular weight is 435 g/mol. The zero-order valence-corrected chi connectivity index (χ0v) is 16.0. The van der Waals surface area contributed by atoms with Gasteiger partial charge in [0.15, 0.2) is 0 Å². The fraction of sp³-hybridized carbons (Fsp3) is 1.00. The summed E-state index contributed by atoms with van der Waals surface area (Å²) in [5.74, 6) is -19.2. The van der Waals surface area contributed by atoms with Gasteiger partial charge in [-0.05, 0) is 39.5 Å². The van der Waals surface area contributed by atoms with Crippen LogP contribution in [0.25, 0.3) is 0 Å². The van der Waals surface area contributed by atoms with E-state index >= 15 is 0 Å². The molecule has 162 valence electrons. The minimum Gasteiger partial charge on any atom is -0.395 e. The van der Waals surface area contributed by atoms with Gasteiger partial charge in [-0.1, -0.05) is 0 Å². The minimum atomic E-state index is -6.89. The Hall–Kier alpha value is -0.533.